The molecule has 0 atom stereocenters. The van der Waals surface area contributed by atoms with Gasteiger partial charge in [-0.15, -0.1) is 12.4 Å². The van der Waals surface area contributed by atoms with Crippen molar-refractivity contribution in [3.05, 3.63) is 23.8 Å². The smallest absolute Gasteiger partial charge is 0.160 e. The van der Waals surface area contributed by atoms with E-state index < -0.39 is 0 Å². The van der Waals surface area contributed by atoms with Gasteiger partial charge in [-0.1, -0.05) is 6.07 Å². The van der Waals surface area contributed by atoms with Crippen molar-refractivity contribution in [2.45, 2.75) is 25.4 Å². The molecule has 0 saturated heterocycles. The van der Waals surface area contributed by atoms with E-state index in [1.165, 1.54) is 12.8 Å². The van der Waals surface area contributed by atoms with E-state index in [1.807, 2.05) is 12.1 Å². The number of phenolic OH excluding ortho intramolecular Hbond substituents is 1. The monoisotopic (exact) mass is 229 g/mol. The van der Waals surface area contributed by atoms with Gasteiger partial charge in [-0.05, 0) is 30.5 Å². The van der Waals surface area contributed by atoms with E-state index in [0.29, 0.717) is 11.8 Å². The summed E-state index contributed by atoms with van der Waals surface area (Å²) < 4.78 is 5.03. The maximum Gasteiger partial charge on any atom is 0.160 e. The van der Waals surface area contributed by atoms with Crippen LogP contribution in [0.25, 0.3) is 0 Å². The molecule has 1 aliphatic rings. The lowest BCUT2D eigenvalue weighted by atomic mass is 10.2. The number of hydrogen-bond donors (Lipinski definition) is 2. The normalized spacial score (nSPS) is 14.5. The Kier molecular flexibility index (Phi) is 4.24. The molecule has 1 aromatic carbocycles. The maximum absolute atomic E-state index is 9.38. The zero-order chi connectivity index (χ0) is 9.97. The molecule has 0 aliphatic heterocycles. The number of methoxy groups -OCH3 is 1. The molecule has 3 nitrogen and oxygen atoms in total. The van der Waals surface area contributed by atoms with Gasteiger partial charge in [0.2, 0.25) is 0 Å². The predicted molar refractivity (Wildman–Crippen MR) is 61.8 cm³/mol. The highest BCUT2D eigenvalue weighted by Crippen LogP contribution is 2.26. The molecule has 1 aliphatic carbocycles. The molecule has 0 unspecified atom stereocenters. The summed E-state index contributed by atoms with van der Waals surface area (Å²) in [6.07, 6.45) is 2.57. The SMILES string of the molecule is COc1cc(CNC2CC2)ccc1O.Cl. The van der Waals surface area contributed by atoms with Gasteiger partial charge < -0.3 is 15.2 Å². The minimum absolute atomic E-state index is 0. The van der Waals surface area contributed by atoms with Crippen molar-refractivity contribution < 1.29 is 9.84 Å². The van der Waals surface area contributed by atoms with Crippen LogP contribution in [0, 0.1) is 0 Å². The molecule has 1 saturated carbocycles. The molecule has 1 aromatic rings. The Bertz CT molecular complexity index is 326. The van der Waals surface area contributed by atoms with Crippen LogP contribution in [0.15, 0.2) is 18.2 Å². The topological polar surface area (TPSA) is 41.5 Å². The Balaban J connectivity index is 0.00000112. The summed E-state index contributed by atoms with van der Waals surface area (Å²) in [5, 5.41) is 12.8. The first kappa shape index (κ1) is 12.1. The quantitative estimate of drug-likeness (QED) is 0.831. The number of benzene rings is 1. The van der Waals surface area contributed by atoms with Gasteiger partial charge in [0.05, 0.1) is 7.11 Å². The molecule has 0 amide bonds. The first-order valence-corrected chi connectivity index (χ1v) is 4.89. The fourth-order valence-electron chi connectivity index (χ4n) is 1.38. The van der Waals surface area contributed by atoms with Gasteiger partial charge in [-0.2, -0.15) is 0 Å². The molecule has 1 fully saturated rings. The molecular weight excluding hydrogens is 214 g/mol. The third-order valence-corrected chi connectivity index (χ3v) is 2.42. The minimum Gasteiger partial charge on any atom is -0.504 e. The van der Waals surface area contributed by atoms with Crippen LogP contribution in [0.3, 0.4) is 0 Å². The van der Waals surface area contributed by atoms with Crippen LogP contribution in [-0.4, -0.2) is 18.3 Å². The van der Waals surface area contributed by atoms with Crippen LogP contribution in [0.2, 0.25) is 0 Å². The third kappa shape index (κ3) is 3.29. The second-order valence-electron chi connectivity index (χ2n) is 3.66. The van der Waals surface area contributed by atoms with E-state index in [4.69, 9.17) is 4.74 Å². The van der Waals surface area contributed by atoms with E-state index in [9.17, 15) is 5.11 Å². The molecule has 0 heterocycles. The maximum atomic E-state index is 9.38. The second kappa shape index (κ2) is 5.24. The number of rotatable bonds is 4. The highest BCUT2D eigenvalue weighted by atomic mass is 35.5. The Morgan fingerprint density at radius 2 is 2.20 bits per heavy atom. The average Bonchev–Trinajstić information content (AvgIpc) is 3.00. The standard InChI is InChI=1S/C11H15NO2.ClH/c1-14-11-6-8(2-5-10(11)13)7-12-9-3-4-9;/h2,5-6,9,12-13H,3-4,7H2,1H3;1H. The molecule has 4 heteroatoms. The molecule has 0 radical (unpaired) electrons. The van der Waals surface area contributed by atoms with Crippen molar-refractivity contribution in [2.24, 2.45) is 0 Å². The second-order valence-corrected chi connectivity index (χ2v) is 3.66. The fourth-order valence-corrected chi connectivity index (χ4v) is 1.38. The predicted octanol–water partition coefficient (Wildman–Crippen LogP) is 2.07. The molecule has 2 rings (SSSR count). The zero-order valence-corrected chi connectivity index (χ0v) is 9.51. The third-order valence-electron chi connectivity index (χ3n) is 2.42. The summed E-state index contributed by atoms with van der Waals surface area (Å²) in [7, 11) is 1.56. The Morgan fingerprint density at radius 1 is 1.47 bits per heavy atom. The van der Waals surface area contributed by atoms with Crippen molar-refractivity contribution in [1.29, 1.82) is 0 Å². The minimum atomic E-state index is 0. The highest BCUT2D eigenvalue weighted by molar-refractivity contribution is 5.85. The van der Waals surface area contributed by atoms with Crippen molar-refractivity contribution in [2.75, 3.05) is 7.11 Å². The number of halogens is 1. The van der Waals surface area contributed by atoms with Gasteiger partial charge in [0.25, 0.3) is 0 Å². The lowest BCUT2D eigenvalue weighted by Crippen LogP contribution is -2.15. The van der Waals surface area contributed by atoms with E-state index in [2.05, 4.69) is 5.32 Å². The van der Waals surface area contributed by atoms with Crippen LogP contribution in [0.4, 0.5) is 0 Å². The van der Waals surface area contributed by atoms with Crippen LogP contribution in [-0.2, 0) is 6.54 Å². The number of ether oxygens (including phenoxy) is 1. The number of phenols is 1. The molecule has 84 valence electrons. The average molecular weight is 230 g/mol. The molecule has 2 N–H and O–H groups in total. The van der Waals surface area contributed by atoms with Crippen molar-refractivity contribution in [3.63, 3.8) is 0 Å². The van der Waals surface area contributed by atoms with E-state index in [1.54, 1.807) is 13.2 Å². The van der Waals surface area contributed by atoms with Gasteiger partial charge in [0.15, 0.2) is 11.5 Å². The van der Waals surface area contributed by atoms with E-state index in [-0.39, 0.29) is 18.2 Å². The summed E-state index contributed by atoms with van der Waals surface area (Å²) >= 11 is 0. The lowest BCUT2D eigenvalue weighted by molar-refractivity contribution is 0.373. The molecule has 0 bridgehead atoms. The number of nitrogens with one attached hydrogen (secondary N) is 1. The molecule has 0 aromatic heterocycles. The van der Waals surface area contributed by atoms with Gasteiger partial charge in [-0.25, -0.2) is 0 Å². The fraction of sp³-hybridized carbons (Fsp3) is 0.455. The number of aromatic hydroxyl groups is 1. The van der Waals surface area contributed by atoms with Gasteiger partial charge in [-0.3, -0.25) is 0 Å². The van der Waals surface area contributed by atoms with Crippen LogP contribution < -0.4 is 10.1 Å². The molecule has 15 heavy (non-hydrogen) atoms. The summed E-state index contributed by atoms with van der Waals surface area (Å²) in [5.74, 6) is 0.739. The first-order chi connectivity index (χ1) is 6.79. The summed E-state index contributed by atoms with van der Waals surface area (Å²) in [4.78, 5) is 0. The largest absolute Gasteiger partial charge is 0.504 e. The molecular formula is C11H16ClNO2. The Hall–Kier alpha value is -0.930. The number of hydrogen-bond acceptors (Lipinski definition) is 3. The van der Waals surface area contributed by atoms with Gasteiger partial charge in [0, 0.05) is 12.6 Å². The van der Waals surface area contributed by atoms with Gasteiger partial charge in [0.1, 0.15) is 0 Å². The Labute approximate surface area is 95.9 Å². The van der Waals surface area contributed by atoms with E-state index >= 15 is 0 Å². The zero-order valence-electron chi connectivity index (χ0n) is 8.69. The summed E-state index contributed by atoms with van der Waals surface area (Å²) in [6.45, 7) is 0.849. The molecule has 0 spiro atoms. The van der Waals surface area contributed by atoms with Crippen molar-refractivity contribution >= 4 is 12.4 Å². The summed E-state index contributed by atoms with van der Waals surface area (Å²) in [5.41, 5.74) is 1.14. The summed E-state index contributed by atoms with van der Waals surface area (Å²) in [6, 6.07) is 6.15. The van der Waals surface area contributed by atoms with Crippen molar-refractivity contribution in [1.82, 2.24) is 5.32 Å². The lowest BCUT2D eigenvalue weighted by Gasteiger charge is -2.07. The van der Waals surface area contributed by atoms with Gasteiger partial charge >= 0.3 is 0 Å². The van der Waals surface area contributed by atoms with Crippen molar-refractivity contribution in [3.8, 4) is 11.5 Å². The Morgan fingerprint density at radius 3 is 2.80 bits per heavy atom. The van der Waals surface area contributed by atoms with E-state index in [0.717, 1.165) is 12.1 Å². The highest BCUT2D eigenvalue weighted by Gasteiger charge is 2.19. The van der Waals surface area contributed by atoms with Crippen LogP contribution in [0.1, 0.15) is 18.4 Å². The van der Waals surface area contributed by atoms with Crippen LogP contribution >= 0.6 is 12.4 Å². The van der Waals surface area contributed by atoms with Crippen LogP contribution in [0.5, 0.6) is 11.5 Å². The first-order valence-electron chi connectivity index (χ1n) is 4.89.